The Morgan fingerprint density at radius 2 is 2.04 bits per heavy atom. The Hall–Kier alpha value is -2.15. The fraction of sp³-hybridized carbons (Fsp3) is 0.375. The van der Waals surface area contributed by atoms with Crippen molar-refractivity contribution in [2.24, 2.45) is 0 Å². The van der Waals surface area contributed by atoms with Gasteiger partial charge in [-0.3, -0.25) is 0 Å². The van der Waals surface area contributed by atoms with Crippen molar-refractivity contribution in [2.45, 2.75) is 31.7 Å². The van der Waals surface area contributed by atoms with Crippen molar-refractivity contribution in [1.29, 1.82) is 0 Å². The summed E-state index contributed by atoms with van der Waals surface area (Å²) in [4.78, 5) is 10.3. The fourth-order valence-electron chi connectivity index (χ4n) is 2.85. The maximum absolute atomic E-state index is 12.9. The molecule has 1 aliphatic rings. The fourth-order valence-corrected chi connectivity index (χ4v) is 2.85. The van der Waals surface area contributed by atoms with Gasteiger partial charge in [-0.25, -0.2) is 9.97 Å². The van der Waals surface area contributed by atoms with Crippen molar-refractivity contribution in [2.75, 3.05) is 11.4 Å². The number of aryl methyl sites for hydroxylation is 1. The lowest BCUT2D eigenvalue weighted by molar-refractivity contribution is -0.137. The molecule has 122 valence electrons. The quantitative estimate of drug-likeness (QED) is 0.922. The van der Waals surface area contributed by atoms with Crippen LogP contribution in [0.4, 0.5) is 19.1 Å². The lowest BCUT2D eigenvalue weighted by Gasteiger charge is -2.25. The molecule has 1 saturated heterocycles. The summed E-state index contributed by atoms with van der Waals surface area (Å²) in [5.41, 5.74) is 0.571. The van der Waals surface area contributed by atoms with Crippen molar-refractivity contribution >= 4 is 5.95 Å². The monoisotopic (exact) mass is 323 g/mol. The van der Waals surface area contributed by atoms with Crippen LogP contribution in [-0.2, 0) is 6.18 Å². The number of rotatable bonds is 2. The minimum atomic E-state index is -4.39. The molecule has 2 heterocycles. The third kappa shape index (κ3) is 3.29. The average Bonchev–Trinajstić information content (AvgIpc) is 2.89. The second-order valence-corrected chi connectivity index (χ2v) is 5.68. The summed E-state index contributed by atoms with van der Waals surface area (Å²) in [5.74, 6) is 0.420. The Morgan fingerprint density at radius 1 is 1.26 bits per heavy atom. The molecule has 0 amide bonds. The van der Waals surface area contributed by atoms with E-state index < -0.39 is 17.8 Å². The standard InChI is InChI=1S/C16H16F3N3O/c1-10-5-6-20-15(21-10)22-9-13(23)8-14(22)11-3-2-4-12(7-11)16(17,18)19/h2-7,13-14,23H,8-9H2,1H3. The third-order valence-electron chi connectivity index (χ3n) is 3.92. The highest BCUT2D eigenvalue weighted by Crippen LogP contribution is 2.37. The molecule has 0 spiro atoms. The van der Waals surface area contributed by atoms with Crippen molar-refractivity contribution < 1.29 is 18.3 Å². The first kappa shape index (κ1) is 15.7. The normalized spacial score (nSPS) is 21.7. The largest absolute Gasteiger partial charge is 0.416 e. The van der Waals surface area contributed by atoms with Crippen LogP contribution in [0.2, 0.25) is 0 Å². The number of benzene rings is 1. The zero-order valence-corrected chi connectivity index (χ0v) is 12.5. The first-order valence-electron chi connectivity index (χ1n) is 7.26. The Bertz CT molecular complexity index is 705. The van der Waals surface area contributed by atoms with E-state index in [4.69, 9.17) is 0 Å². The second-order valence-electron chi connectivity index (χ2n) is 5.68. The summed E-state index contributed by atoms with van der Waals surface area (Å²) in [6.07, 6.45) is -3.07. The van der Waals surface area contributed by atoms with Gasteiger partial charge in [0.15, 0.2) is 0 Å². The Labute approximate surface area is 131 Å². The van der Waals surface area contributed by atoms with Crippen LogP contribution in [0.25, 0.3) is 0 Å². The highest BCUT2D eigenvalue weighted by Gasteiger charge is 2.36. The molecule has 2 aromatic rings. The van der Waals surface area contributed by atoms with E-state index in [0.29, 0.717) is 24.5 Å². The smallest absolute Gasteiger partial charge is 0.391 e. The van der Waals surface area contributed by atoms with Gasteiger partial charge >= 0.3 is 6.18 Å². The van der Waals surface area contributed by atoms with E-state index in [0.717, 1.165) is 17.8 Å². The minimum Gasteiger partial charge on any atom is -0.391 e. The molecule has 1 fully saturated rings. The van der Waals surface area contributed by atoms with E-state index in [2.05, 4.69) is 9.97 Å². The number of aliphatic hydroxyl groups excluding tert-OH is 1. The number of hydrogen-bond donors (Lipinski definition) is 1. The molecule has 0 aliphatic carbocycles. The van der Waals surface area contributed by atoms with Gasteiger partial charge in [-0.1, -0.05) is 12.1 Å². The van der Waals surface area contributed by atoms with E-state index in [1.54, 1.807) is 23.2 Å². The zero-order chi connectivity index (χ0) is 16.6. The number of halogens is 3. The summed E-state index contributed by atoms with van der Waals surface area (Å²) in [5, 5.41) is 9.97. The van der Waals surface area contributed by atoms with Gasteiger partial charge < -0.3 is 10.0 Å². The predicted molar refractivity (Wildman–Crippen MR) is 78.9 cm³/mol. The number of anilines is 1. The van der Waals surface area contributed by atoms with Gasteiger partial charge in [0.25, 0.3) is 0 Å². The SMILES string of the molecule is Cc1ccnc(N2CC(O)CC2c2cccc(C(F)(F)F)c2)n1. The van der Waals surface area contributed by atoms with Gasteiger partial charge in [0.05, 0.1) is 17.7 Å². The van der Waals surface area contributed by atoms with Gasteiger partial charge in [-0.2, -0.15) is 13.2 Å². The molecular weight excluding hydrogens is 307 g/mol. The molecule has 4 nitrogen and oxygen atoms in total. The van der Waals surface area contributed by atoms with Gasteiger partial charge in [0.2, 0.25) is 5.95 Å². The molecule has 2 atom stereocenters. The third-order valence-corrected chi connectivity index (χ3v) is 3.92. The van der Waals surface area contributed by atoms with E-state index in [-0.39, 0.29) is 6.04 Å². The summed E-state index contributed by atoms with van der Waals surface area (Å²) in [7, 11) is 0. The molecule has 1 N–H and O–H groups in total. The van der Waals surface area contributed by atoms with Crippen molar-refractivity contribution in [1.82, 2.24) is 9.97 Å². The molecule has 7 heteroatoms. The summed E-state index contributed by atoms with van der Waals surface area (Å²) >= 11 is 0. The van der Waals surface area contributed by atoms with Gasteiger partial charge in [0, 0.05) is 18.4 Å². The van der Waals surface area contributed by atoms with Gasteiger partial charge in [-0.05, 0) is 37.1 Å². The molecule has 1 aromatic heterocycles. The highest BCUT2D eigenvalue weighted by atomic mass is 19.4. The van der Waals surface area contributed by atoms with Crippen LogP contribution in [0.15, 0.2) is 36.5 Å². The number of β-amino-alcohol motifs (C(OH)–C–C–N with tert-alkyl or cyclic N) is 1. The van der Waals surface area contributed by atoms with E-state index >= 15 is 0 Å². The first-order valence-corrected chi connectivity index (χ1v) is 7.26. The van der Waals surface area contributed by atoms with Crippen LogP contribution in [-0.4, -0.2) is 27.7 Å². The molecule has 1 aliphatic heterocycles. The molecule has 2 unspecified atom stereocenters. The van der Waals surface area contributed by atoms with E-state index in [1.165, 1.54) is 6.07 Å². The number of hydrogen-bond acceptors (Lipinski definition) is 4. The van der Waals surface area contributed by atoms with Crippen LogP contribution in [0.1, 0.15) is 29.3 Å². The highest BCUT2D eigenvalue weighted by molar-refractivity contribution is 5.41. The van der Waals surface area contributed by atoms with Crippen LogP contribution in [0, 0.1) is 6.92 Å². The van der Waals surface area contributed by atoms with Crippen LogP contribution >= 0.6 is 0 Å². The number of alkyl halides is 3. The van der Waals surface area contributed by atoms with Gasteiger partial charge in [0.1, 0.15) is 0 Å². The number of aromatic nitrogens is 2. The molecular formula is C16H16F3N3O. The Balaban J connectivity index is 1.97. The summed E-state index contributed by atoms with van der Waals surface area (Å²) in [6.45, 7) is 2.11. The molecule has 0 radical (unpaired) electrons. The lowest BCUT2D eigenvalue weighted by Crippen LogP contribution is -2.26. The number of aliphatic hydroxyl groups is 1. The molecule has 23 heavy (non-hydrogen) atoms. The molecule has 0 saturated carbocycles. The molecule has 0 bridgehead atoms. The zero-order valence-electron chi connectivity index (χ0n) is 12.5. The van der Waals surface area contributed by atoms with Crippen LogP contribution < -0.4 is 4.90 Å². The van der Waals surface area contributed by atoms with Crippen molar-refractivity contribution in [3.63, 3.8) is 0 Å². The summed E-state index contributed by atoms with van der Waals surface area (Å²) in [6, 6.07) is 6.57. The minimum absolute atomic E-state index is 0.296. The number of nitrogens with zero attached hydrogens (tertiary/aromatic N) is 3. The maximum atomic E-state index is 12.9. The van der Waals surface area contributed by atoms with Crippen molar-refractivity contribution in [3.8, 4) is 0 Å². The predicted octanol–water partition coefficient (Wildman–Crippen LogP) is 3.12. The van der Waals surface area contributed by atoms with Crippen LogP contribution in [0.5, 0.6) is 0 Å². The maximum Gasteiger partial charge on any atom is 0.416 e. The Morgan fingerprint density at radius 3 is 2.74 bits per heavy atom. The first-order chi connectivity index (χ1) is 10.8. The van der Waals surface area contributed by atoms with Crippen molar-refractivity contribution in [3.05, 3.63) is 53.3 Å². The van der Waals surface area contributed by atoms with E-state index in [1.807, 2.05) is 6.92 Å². The second kappa shape index (κ2) is 5.81. The average molecular weight is 323 g/mol. The van der Waals surface area contributed by atoms with E-state index in [9.17, 15) is 18.3 Å². The topological polar surface area (TPSA) is 49.2 Å². The molecule has 1 aromatic carbocycles. The Kier molecular flexibility index (Phi) is 3.97. The lowest BCUT2D eigenvalue weighted by atomic mass is 10.0. The summed E-state index contributed by atoms with van der Waals surface area (Å²) < 4.78 is 38.8. The van der Waals surface area contributed by atoms with Gasteiger partial charge in [-0.15, -0.1) is 0 Å². The molecule has 3 rings (SSSR count). The van der Waals surface area contributed by atoms with Crippen LogP contribution in [0.3, 0.4) is 0 Å².